The third kappa shape index (κ3) is 12.3. The van der Waals surface area contributed by atoms with Gasteiger partial charge in [0.2, 0.25) is 11.8 Å². The molecule has 6 amide bonds. The van der Waals surface area contributed by atoms with Gasteiger partial charge in [0.25, 0.3) is 23.6 Å². The van der Waals surface area contributed by atoms with Crippen LogP contribution in [0, 0.1) is 0 Å². The Morgan fingerprint density at radius 1 is 0.620 bits per heavy atom. The average Bonchev–Trinajstić information content (AvgIpc) is 4.18. The molecule has 2 aliphatic heterocycles. The standard InChI is InChI=1S/C30H39N2O8P.C23H24N2O5/c1-4-38-41(36,39-5-2)18-10-17-31-28(33)20-25(32-29(34)23-13-8-9-14-24(23)30(32)35)21-15-16-26(37-3)27(19-21)40-22-11-6-7-12-22;1-29-19-11-10-14(12-20(19)30-15-6-2-3-7-15)18(13-21(24)26)25-22(27)16-8-4-5-9-17(16)23(25)28/h8-9,13-16,19,22,25H,4-7,10-12,17-18,20H2,1-3H3,(H,31,33);4-5,8-12,15,18H,2-3,6-7,13H2,1H3,(H2,24,26). The monoisotopic (exact) mass is 994 g/mol. The summed E-state index contributed by atoms with van der Waals surface area (Å²) in [6.07, 6.45) is 8.60. The second-order valence-corrected chi connectivity index (χ2v) is 19.9. The first kappa shape index (κ1) is 52.3. The summed E-state index contributed by atoms with van der Waals surface area (Å²) in [6, 6.07) is 22.0. The third-order valence-electron chi connectivity index (χ3n) is 13.0. The van der Waals surface area contributed by atoms with E-state index in [2.05, 4.69) is 5.32 Å². The molecular weight excluding hydrogens is 932 g/mol. The normalized spacial score (nSPS) is 16.6. The lowest BCUT2D eigenvalue weighted by Gasteiger charge is -2.27. The number of hydrogen-bond acceptors (Lipinski definition) is 13. The van der Waals surface area contributed by atoms with Gasteiger partial charge >= 0.3 is 7.60 Å². The van der Waals surface area contributed by atoms with Crippen molar-refractivity contribution in [2.75, 3.05) is 40.1 Å². The molecule has 2 fully saturated rings. The number of amides is 6. The smallest absolute Gasteiger partial charge is 0.330 e. The van der Waals surface area contributed by atoms with Gasteiger partial charge in [-0.2, -0.15) is 0 Å². The third-order valence-corrected chi connectivity index (χ3v) is 15.1. The van der Waals surface area contributed by atoms with Crippen molar-refractivity contribution in [3.63, 3.8) is 0 Å². The Hall–Kier alpha value is -6.55. The molecule has 8 rings (SSSR count). The summed E-state index contributed by atoms with van der Waals surface area (Å²) in [7, 11) is -0.108. The van der Waals surface area contributed by atoms with E-state index in [-0.39, 0.29) is 56.9 Å². The maximum atomic E-state index is 13.4. The summed E-state index contributed by atoms with van der Waals surface area (Å²) in [5, 5.41) is 2.83. The van der Waals surface area contributed by atoms with Crippen LogP contribution in [0.4, 0.5) is 0 Å². The molecule has 2 aliphatic carbocycles. The van der Waals surface area contributed by atoms with Crippen molar-refractivity contribution in [2.45, 2.75) is 109 Å². The van der Waals surface area contributed by atoms with Crippen molar-refractivity contribution < 1.29 is 61.3 Å². The fourth-order valence-electron chi connectivity index (χ4n) is 9.55. The zero-order chi connectivity index (χ0) is 50.7. The summed E-state index contributed by atoms with van der Waals surface area (Å²) in [5.74, 6) is -0.584. The van der Waals surface area contributed by atoms with E-state index in [1.807, 2.05) is 0 Å². The van der Waals surface area contributed by atoms with E-state index >= 15 is 0 Å². The van der Waals surface area contributed by atoms with Crippen LogP contribution >= 0.6 is 7.60 Å². The average molecular weight is 995 g/mol. The lowest BCUT2D eigenvalue weighted by atomic mass is 10.0. The second-order valence-electron chi connectivity index (χ2n) is 17.7. The van der Waals surface area contributed by atoms with Crippen molar-refractivity contribution in [3.05, 3.63) is 118 Å². The molecule has 18 heteroatoms. The predicted octanol–water partition coefficient (Wildman–Crippen LogP) is 8.75. The molecule has 71 heavy (non-hydrogen) atoms. The van der Waals surface area contributed by atoms with Gasteiger partial charge in [0.15, 0.2) is 23.0 Å². The Morgan fingerprint density at radius 3 is 1.38 bits per heavy atom. The number of imide groups is 2. The fraction of sp³-hybridized carbons (Fsp3) is 0.434. The van der Waals surface area contributed by atoms with Gasteiger partial charge in [0.05, 0.1) is 93.0 Å². The van der Waals surface area contributed by atoms with E-state index in [0.29, 0.717) is 62.8 Å². The van der Waals surface area contributed by atoms with Crippen LogP contribution in [-0.4, -0.2) is 97.6 Å². The number of fused-ring (bicyclic) bond motifs is 2. The van der Waals surface area contributed by atoms with Crippen LogP contribution in [-0.2, 0) is 23.2 Å². The number of nitrogens with zero attached hydrogens (tertiary/aromatic N) is 2. The molecule has 378 valence electrons. The molecule has 4 aliphatic rings. The number of nitrogens with one attached hydrogen (secondary N) is 1. The predicted molar refractivity (Wildman–Crippen MR) is 263 cm³/mol. The van der Waals surface area contributed by atoms with E-state index in [1.165, 1.54) is 0 Å². The zero-order valence-corrected chi connectivity index (χ0v) is 41.6. The number of hydrogen-bond donors (Lipinski definition) is 2. The molecule has 2 heterocycles. The Morgan fingerprint density at radius 2 is 1.01 bits per heavy atom. The number of nitrogens with two attached hydrogens (primary N) is 1. The van der Waals surface area contributed by atoms with Gasteiger partial charge in [-0.15, -0.1) is 0 Å². The van der Waals surface area contributed by atoms with Gasteiger partial charge in [-0.3, -0.25) is 43.1 Å². The van der Waals surface area contributed by atoms with E-state index < -0.39 is 49.2 Å². The first-order valence-corrected chi connectivity index (χ1v) is 26.1. The van der Waals surface area contributed by atoms with Crippen LogP contribution in [0.5, 0.6) is 23.0 Å². The molecule has 0 radical (unpaired) electrons. The summed E-state index contributed by atoms with van der Waals surface area (Å²) >= 11 is 0. The largest absolute Gasteiger partial charge is 0.493 e. The summed E-state index contributed by atoms with van der Waals surface area (Å²) in [5.41, 5.74) is 7.92. The Balaban J connectivity index is 0.000000219. The Labute approximate surface area is 414 Å². The van der Waals surface area contributed by atoms with Crippen LogP contribution in [0.25, 0.3) is 0 Å². The number of benzene rings is 4. The first-order chi connectivity index (χ1) is 34.3. The van der Waals surface area contributed by atoms with Gasteiger partial charge in [-0.25, -0.2) is 0 Å². The number of rotatable bonds is 22. The zero-order valence-electron chi connectivity index (χ0n) is 40.7. The minimum Gasteiger partial charge on any atom is -0.493 e. The maximum absolute atomic E-state index is 13.4. The van der Waals surface area contributed by atoms with Crippen LogP contribution in [0.15, 0.2) is 84.9 Å². The minimum atomic E-state index is -3.22. The fourth-order valence-corrected chi connectivity index (χ4v) is 11.2. The maximum Gasteiger partial charge on any atom is 0.330 e. The highest BCUT2D eigenvalue weighted by atomic mass is 31.2. The highest BCUT2D eigenvalue weighted by molar-refractivity contribution is 7.53. The number of primary amides is 1. The van der Waals surface area contributed by atoms with Crippen LogP contribution in [0.1, 0.15) is 149 Å². The Kier molecular flexibility index (Phi) is 17.7. The lowest BCUT2D eigenvalue weighted by molar-refractivity contribution is -0.122. The first-order valence-electron chi connectivity index (χ1n) is 24.4. The van der Waals surface area contributed by atoms with E-state index in [4.69, 9.17) is 33.7 Å². The second kappa shape index (κ2) is 24.0. The van der Waals surface area contributed by atoms with Crippen molar-refractivity contribution in [3.8, 4) is 23.0 Å². The molecule has 2 unspecified atom stereocenters. The van der Waals surface area contributed by atoms with Crippen LogP contribution < -0.4 is 30.0 Å². The van der Waals surface area contributed by atoms with E-state index in [9.17, 15) is 33.3 Å². The molecule has 3 N–H and O–H groups in total. The van der Waals surface area contributed by atoms with Gasteiger partial charge in [0, 0.05) is 6.54 Å². The number of carbonyl (C=O) groups is 6. The number of carbonyl (C=O) groups excluding carboxylic acids is 6. The number of ether oxygens (including phenoxy) is 4. The topological polar surface area (TPSA) is 219 Å². The van der Waals surface area contributed by atoms with Gasteiger partial charge in [0.1, 0.15) is 0 Å². The van der Waals surface area contributed by atoms with Gasteiger partial charge in [-0.05, 0) is 131 Å². The molecule has 0 spiro atoms. The molecule has 4 aromatic carbocycles. The van der Waals surface area contributed by atoms with Crippen LogP contribution in [0.3, 0.4) is 0 Å². The van der Waals surface area contributed by atoms with Crippen molar-refractivity contribution in [1.82, 2.24) is 15.1 Å². The molecule has 0 aromatic heterocycles. The molecule has 2 saturated carbocycles. The van der Waals surface area contributed by atoms with Crippen molar-refractivity contribution in [2.24, 2.45) is 5.73 Å². The highest BCUT2D eigenvalue weighted by Crippen LogP contribution is 2.48. The van der Waals surface area contributed by atoms with Crippen molar-refractivity contribution >= 4 is 43.0 Å². The SMILES string of the molecule is CCOP(=O)(CCCNC(=O)CC(c1ccc(OC)c(OC2CCCC2)c1)N1C(=O)c2ccccc2C1=O)OCC.COc1ccc(C(CC(N)=O)N2C(=O)c3ccccc3C2=O)cc1OC1CCCC1. The molecular formula is C53H63N4O13P. The van der Waals surface area contributed by atoms with Crippen molar-refractivity contribution in [1.29, 1.82) is 0 Å². The molecule has 4 aromatic rings. The molecule has 0 saturated heterocycles. The summed E-state index contributed by atoms with van der Waals surface area (Å²) in [6.45, 7) is 4.25. The molecule has 17 nitrogen and oxygen atoms in total. The van der Waals surface area contributed by atoms with E-state index in [1.54, 1.807) is 113 Å². The summed E-state index contributed by atoms with van der Waals surface area (Å²) < 4.78 is 46.7. The molecule has 0 bridgehead atoms. The summed E-state index contributed by atoms with van der Waals surface area (Å²) in [4.78, 5) is 80.2. The van der Waals surface area contributed by atoms with Gasteiger partial charge < -0.3 is 39.0 Å². The molecule has 2 atom stereocenters. The quantitative estimate of drug-likeness (QED) is 0.0428. The minimum absolute atomic E-state index is 0.0598. The highest BCUT2D eigenvalue weighted by Gasteiger charge is 2.43. The number of methoxy groups -OCH3 is 2. The lowest BCUT2D eigenvalue weighted by Crippen LogP contribution is -2.38. The van der Waals surface area contributed by atoms with Gasteiger partial charge in [-0.1, -0.05) is 36.4 Å². The Bertz CT molecular complexity index is 2570. The van der Waals surface area contributed by atoms with E-state index in [0.717, 1.165) is 61.2 Å². The van der Waals surface area contributed by atoms with Crippen LogP contribution in [0.2, 0.25) is 0 Å².